The molecule has 0 aromatic heterocycles. The van der Waals surface area contributed by atoms with Crippen LogP contribution >= 0.6 is 0 Å². The quantitative estimate of drug-likeness (QED) is 0.142. The number of carbonyl (C=O) groups excluding carboxylic acids is 2. The third-order valence-electron chi connectivity index (χ3n) is 7.24. The summed E-state index contributed by atoms with van der Waals surface area (Å²) in [5.41, 5.74) is 3.01. The zero-order valence-electron chi connectivity index (χ0n) is 23.2. The highest BCUT2D eigenvalue weighted by Gasteiger charge is 2.46. The number of nitrogens with zero attached hydrogens (tertiary/aromatic N) is 1. The number of aliphatic hydroxyl groups is 1. The maximum Gasteiger partial charge on any atom is 0.295 e. The molecular weight excluding hydrogens is 506 g/mol. The molecule has 0 spiro atoms. The molecule has 40 heavy (non-hydrogen) atoms. The van der Waals surface area contributed by atoms with Crippen LogP contribution in [0.4, 0.5) is 0 Å². The Bertz CT molecular complexity index is 1430. The monoisotopic (exact) mass is 541 g/mol. The molecule has 7 nitrogen and oxygen atoms in total. The third kappa shape index (κ3) is 5.41. The lowest BCUT2D eigenvalue weighted by Gasteiger charge is -2.26. The summed E-state index contributed by atoms with van der Waals surface area (Å²) in [5.74, 6) is 0.323. The summed E-state index contributed by atoms with van der Waals surface area (Å²) in [6.45, 7) is 7.17. The van der Waals surface area contributed by atoms with E-state index in [2.05, 4.69) is 6.92 Å². The van der Waals surface area contributed by atoms with Crippen LogP contribution in [0.3, 0.4) is 0 Å². The molecule has 3 aromatic rings. The molecular formula is C33H35NO6. The van der Waals surface area contributed by atoms with Crippen molar-refractivity contribution in [1.82, 2.24) is 4.90 Å². The van der Waals surface area contributed by atoms with E-state index in [1.807, 2.05) is 68.4 Å². The molecule has 2 aliphatic heterocycles. The lowest BCUT2D eigenvalue weighted by molar-refractivity contribution is -0.140. The van der Waals surface area contributed by atoms with Gasteiger partial charge < -0.3 is 24.2 Å². The van der Waals surface area contributed by atoms with E-state index in [1.165, 1.54) is 4.90 Å². The molecule has 0 radical (unpaired) electrons. The van der Waals surface area contributed by atoms with Crippen LogP contribution < -0.4 is 14.2 Å². The highest BCUT2D eigenvalue weighted by Crippen LogP contribution is 2.43. The van der Waals surface area contributed by atoms with Crippen molar-refractivity contribution < 1.29 is 28.9 Å². The number of aliphatic hydroxyl groups excluding tert-OH is 1. The van der Waals surface area contributed by atoms with E-state index in [0.29, 0.717) is 42.3 Å². The zero-order chi connectivity index (χ0) is 28.2. The minimum atomic E-state index is -0.812. The number of unbranched alkanes of at least 4 members (excludes halogenated alkanes) is 1. The lowest BCUT2D eigenvalue weighted by atomic mass is 9.94. The molecule has 2 atom stereocenters. The number of ketones is 1. The Kier molecular flexibility index (Phi) is 8.10. The fourth-order valence-electron chi connectivity index (χ4n) is 5.30. The predicted molar refractivity (Wildman–Crippen MR) is 153 cm³/mol. The van der Waals surface area contributed by atoms with Gasteiger partial charge in [0.05, 0.1) is 24.8 Å². The largest absolute Gasteiger partial charge is 0.507 e. The average molecular weight is 542 g/mol. The van der Waals surface area contributed by atoms with Crippen LogP contribution in [-0.4, -0.2) is 41.0 Å². The maximum atomic E-state index is 13.6. The first kappa shape index (κ1) is 27.3. The van der Waals surface area contributed by atoms with E-state index < -0.39 is 17.7 Å². The topological polar surface area (TPSA) is 85.3 Å². The Hall–Kier alpha value is -4.26. The van der Waals surface area contributed by atoms with Crippen LogP contribution in [0.25, 0.3) is 5.76 Å². The van der Waals surface area contributed by atoms with Gasteiger partial charge in [-0.25, -0.2) is 0 Å². The van der Waals surface area contributed by atoms with Crippen molar-refractivity contribution in [1.29, 1.82) is 0 Å². The third-order valence-corrected chi connectivity index (χ3v) is 7.24. The highest BCUT2D eigenvalue weighted by atomic mass is 16.5. The smallest absolute Gasteiger partial charge is 0.295 e. The Balaban J connectivity index is 1.61. The standard InChI is InChI=1S/C33H35NO6/c1-4-6-16-39-27-15-12-23(19-28(27)38-5-2)30-29(31(35)24-13-14-26-25(18-24)17-21(3)40-26)32(36)33(37)34(30)20-22-10-8-7-9-11-22/h7-15,18-19,21,30,35H,4-6,16-17,20H2,1-3H3/b31-29+/t21-,30+/m0/s1. The molecule has 7 heteroatoms. The van der Waals surface area contributed by atoms with Gasteiger partial charge in [-0.2, -0.15) is 0 Å². The van der Waals surface area contributed by atoms with Gasteiger partial charge in [-0.15, -0.1) is 0 Å². The van der Waals surface area contributed by atoms with Gasteiger partial charge in [-0.05, 0) is 67.3 Å². The summed E-state index contributed by atoms with van der Waals surface area (Å²) in [4.78, 5) is 28.5. The molecule has 1 fully saturated rings. The predicted octanol–water partition coefficient (Wildman–Crippen LogP) is 6.21. The summed E-state index contributed by atoms with van der Waals surface area (Å²) >= 11 is 0. The second kappa shape index (κ2) is 11.9. The molecule has 208 valence electrons. The Morgan fingerprint density at radius 1 is 1.00 bits per heavy atom. The van der Waals surface area contributed by atoms with Gasteiger partial charge >= 0.3 is 0 Å². The van der Waals surface area contributed by atoms with Crippen molar-refractivity contribution in [2.45, 2.75) is 58.7 Å². The van der Waals surface area contributed by atoms with Gasteiger partial charge in [0, 0.05) is 18.5 Å². The summed E-state index contributed by atoms with van der Waals surface area (Å²) in [5, 5.41) is 11.6. The Morgan fingerprint density at radius 3 is 2.55 bits per heavy atom. The number of rotatable bonds is 10. The number of carbonyl (C=O) groups is 2. The van der Waals surface area contributed by atoms with E-state index in [4.69, 9.17) is 14.2 Å². The minimum Gasteiger partial charge on any atom is -0.507 e. The minimum absolute atomic E-state index is 0.0406. The van der Waals surface area contributed by atoms with Crippen molar-refractivity contribution in [2.75, 3.05) is 13.2 Å². The van der Waals surface area contributed by atoms with Gasteiger partial charge in [-0.1, -0.05) is 49.7 Å². The summed E-state index contributed by atoms with van der Waals surface area (Å²) in [7, 11) is 0. The number of likely N-dealkylation sites (tertiary alicyclic amines) is 1. The van der Waals surface area contributed by atoms with Crippen molar-refractivity contribution >= 4 is 17.4 Å². The van der Waals surface area contributed by atoms with Gasteiger partial charge in [0.1, 0.15) is 17.6 Å². The highest BCUT2D eigenvalue weighted by molar-refractivity contribution is 6.46. The first-order chi connectivity index (χ1) is 19.4. The van der Waals surface area contributed by atoms with Crippen molar-refractivity contribution in [3.05, 3.63) is 94.6 Å². The molecule has 1 saturated heterocycles. The molecule has 5 rings (SSSR count). The van der Waals surface area contributed by atoms with Crippen molar-refractivity contribution in [2.24, 2.45) is 0 Å². The van der Waals surface area contributed by atoms with E-state index in [9.17, 15) is 14.7 Å². The molecule has 3 aromatic carbocycles. The van der Waals surface area contributed by atoms with E-state index >= 15 is 0 Å². The second-order valence-electron chi connectivity index (χ2n) is 10.2. The van der Waals surface area contributed by atoms with Crippen LogP contribution in [0.5, 0.6) is 17.2 Å². The van der Waals surface area contributed by atoms with Gasteiger partial charge in [-0.3, -0.25) is 9.59 Å². The Morgan fingerprint density at radius 2 is 1.80 bits per heavy atom. The van der Waals surface area contributed by atoms with Gasteiger partial charge in [0.15, 0.2) is 11.5 Å². The first-order valence-electron chi connectivity index (χ1n) is 13.9. The van der Waals surface area contributed by atoms with Crippen LogP contribution in [0.2, 0.25) is 0 Å². The van der Waals surface area contributed by atoms with Crippen LogP contribution in [-0.2, 0) is 22.6 Å². The van der Waals surface area contributed by atoms with Crippen LogP contribution in [0.1, 0.15) is 61.9 Å². The van der Waals surface area contributed by atoms with E-state index in [0.717, 1.165) is 29.7 Å². The zero-order valence-corrected chi connectivity index (χ0v) is 23.2. The second-order valence-corrected chi connectivity index (χ2v) is 10.2. The van der Waals surface area contributed by atoms with E-state index in [-0.39, 0.29) is 24.0 Å². The fourth-order valence-corrected chi connectivity index (χ4v) is 5.30. The normalized spacial score (nSPS) is 19.4. The molecule has 0 bridgehead atoms. The summed E-state index contributed by atoms with van der Waals surface area (Å²) in [6.07, 6.45) is 2.66. The number of Topliss-reactive ketones (excluding diaryl/α,β-unsaturated/α-hetero) is 1. The number of ether oxygens (including phenoxy) is 3. The number of fused-ring (bicyclic) bond motifs is 1. The molecule has 1 N–H and O–H groups in total. The summed E-state index contributed by atoms with van der Waals surface area (Å²) < 4.78 is 17.7. The maximum absolute atomic E-state index is 13.6. The van der Waals surface area contributed by atoms with Crippen molar-refractivity contribution in [3.8, 4) is 17.2 Å². The first-order valence-corrected chi connectivity index (χ1v) is 13.9. The average Bonchev–Trinajstić information content (AvgIpc) is 3.45. The molecule has 0 saturated carbocycles. The fraction of sp³-hybridized carbons (Fsp3) is 0.333. The van der Waals surface area contributed by atoms with Gasteiger partial charge in [0.25, 0.3) is 11.7 Å². The lowest BCUT2D eigenvalue weighted by Crippen LogP contribution is -2.29. The van der Waals surface area contributed by atoms with Crippen LogP contribution in [0, 0.1) is 0 Å². The van der Waals surface area contributed by atoms with Gasteiger partial charge in [0.2, 0.25) is 0 Å². The molecule has 2 aliphatic rings. The molecule has 1 amide bonds. The number of hydrogen-bond donors (Lipinski definition) is 1. The summed E-state index contributed by atoms with van der Waals surface area (Å²) in [6, 6.07) is 19.5. The number of benzene rings is 3. The number of amides is 1. The molecule has 0 unspecified atom stereocenters. The van der Waals surface area contributed by atoms with Crippen molar-refractivity contribution in [3.63, 3.8) is 0 Å². The SMILES string of the molecule is CCCCOc1ccc([C@@H]2/C(=C(\O)c3ccc4c(c3)C[C@H](C)O4)C(=O)C(=O)N2Cc2ccccc2)cc1OCC. The van der Waals surface area contributed by atoms with E-state index in [1.54, 1.807) is 12.1 Å². The van der Waals surface area contributed by atoms with Crippen LogP contribution in [0.15, 0.2) is 72.3 Å². The molecule has 2 heterocycles. The number of hydrogen-bond acceptors (Lipinski definition) is 6. The molecule has 0 aliphatic carbocycles. The Labute approximate surface area is 235 Å².